The standard InChI is InChI=1S/C26H27N5O3S/c1-19-7-6-8-21(17-19)23-11-12-27-26-25(23)20(2)28-31(26)18-24(32)29-13-15-30(16-14-29)35(33,34)22-9-4-3-5-10-22/h3-12,17H,13-16,18H2,1-2H3. The van der Waals surface area contributed by atoms with Crippen LogP contribution in [0.3, 0.4) is 0 Å². The summed E-state index contributed by atoms with van der Waals surface area (Å²) in [6.45, 7) is 5.24. The van der Waals surface area contributed by atoms with Crippen LogP contribution in [0.15, 0.2) is 71.8 Å². The fourth-order valence-corrected chi connectivity index (χ4v) is 6.04. The number of hydrogen-bond donors (Lipinski definition) is 0. The minimum Gasteiger partial charge on any atom is -0.338 e. The van der Waals surface area contributed by atoms with E-state index in [4.69, 9.17) is 0 Å². The smallest absolute Gasteiger partial charge is 0.244 e. The topological polar surface area (TPSA) is 88.4 Å². The van der Waals surface area contributed by atoms with Gasteiger partial charge in [-0.3, -0.25) is 4.79 Å². The van der Waals surface area contributed by atoms with Gasteiger partial charge in [0.15, 0.2) is 5.65 Å². The number of carbonyl (C=O) groups excluding carboxylic acids is 1. The van der Waals surface area contributed by atoms with E-state index in [9.17, 15) is 13.2 Å². The van der Waals surface area contributed by atoms with Gasteiger partial charge in [-0.2, -0.15) is 9.40 Å². The largest absolute Gasteiger partial charge is 0.338 e. The van der Waals surface area contributed by atoms with E-state index in [1.54, 1.807) is 46.1 Å². The number of nitrogens with zero attached hydrogens (tertiary/aromatic N) is 5. The summed E-state index contributed by atoms with van der Waals surface area (Å²) >= 11 is 0. The first-order valence-electron chi connectivity index (χ1n) is 11.6. The van der Waals surface area contributed by atoms with Crippen molar-refractivity contribution in [3.63, 3.8) is 0 Å². The monoisotopic (exact) mass is 489 g/mol. The van der Waals surface area contributed by atoms with E-state index in [2.05, 4.69) is 35.2 Å². The van der Waals surface area contributed by atoms with Crippen LogP contribution in [-0.2, 0) is 21.4 Å². The molecule has 35 heavy (non-hydrogen) atoms. The number of benzene rings is 2. The second kappa shape index (κ2) is 9.24. The first-order valence-corrected chi connectivity index (χ1v) is 13.0. The number of piperazine rings is 1. The van der Waals surface area contributed by atoms with Crippen molar-refractivity contribution in [2.45, 2.75) is 25.3 Å². The molecule has 0 unspecified atom stereocenters. The second-order valence-corrected chi connectivity index (χ2v) is 10.7. The molecule has 2 aromatic carbocycles. The van der Waals surface area contributed by atoms with Crippen LogP contribution in [0.1, 0.15) is 11.3 Å². The van der Waals surface area contributed by atoms with Crippen LogP contribution in [0.2, 0.25) is 0 Å². The lowest BCUT2D eigenvalue weighted by Gasteiger charge is -2.34. The van der Waals surface area contributed by atoms with Crippen LogP contribution >= 0.6 is 0 Å². The molecule has 0 atom stereocenters. The van der Waals surface area contributed by atoms with Crippen molar-refractivity contribution < 1.29 is 13.2 Å². The molecule has 1 aliphatic heterocycles. The average molecular weight is 490 g/mol. The van der Waals surface area contributed by atoms with Crippen molar-refractivity contribution >= 4 is 27.0 Å². The van der Waals surface area contributed by atoms with Crippen molar-refractivity contribution in [1.29, 1.82) is 0 Å². The Balaban J connectivity index is 1.33. The Labute approximate surface area is 204 Å². The summed E-state index contributed by atoms with van der Waals surface area (Å²) in [4.78, 5) is 19.6. The lowest BCUT2D eigenvalue weighted by molar-refractivity contribution is -0.133. The maximum absolute atomic E-state index is 13.1. The van der Waals surface area contributed by atoms with Gasteiger partial charge < -0.3 is 4.90 Å². The van der Waals surface area contributed by atoms with E-state index in [0.717, 1.165) is 22.2 Å². The van der Waals surface area contributed by atoms with E-state index < -0.39 is 10.0 Å². The minimum atomic E-state index is -3.56. The molecule has 180 valence electrons. The molecule has 1 saturated heterocycles. The van der Waals surface area contributed by atoms with Crippen molar-refractivity contribution in [3.05, 3.63) is 78.1 Å². The molecular weight excluding hydrogens is 462 g/mol. The number of aromatic nitrogens is 3. The summed E-state index contributed by atoms with van der Waals surface area (Å²) in [5.74, 6) is -0.103. The third-order valence-corrected chi connectivity index (χ3v) is 8.31. The molecule has 0 N–H and O–H groups in total. The maximum Gasteiger partial charge on any atom is 0.244 e. The summed E-state index contributed by atoms with van der Waals surface area (Å²) in [6, 6.07) is 18.6. The molecule has 1 fully saturated rings. The van der Waals surface area contributed by atoms with Gasteiger partial charge in [0.1, 0.15) is 6.54 Å². The fourth-order valence-electron chi connectivity index (χ4n) is 4.59. The van der Waals surface area contributed by atoms with Gasteiger partial charge in [0.2, 0.25) is 15.9 Å². The van der Waals surface area contributed by atoms with Gasteiger partial charge in [-0.25, -0.2) is 18.1 Å². The second-order valence-electron chi connectivity index (χ2n) is 8.77. The lowest BCUT2D eigenvalue weighted by Crippen LogP contribution is -2.51. The van der Waals surface area contributed by atoms with Crippen LogP contribution in [0, 0.1) is 13.8 Å². The van der Waals surface area contributed by atoms with E-state index in [-0.39, 0.29) is 30.4 Å². The van der Waals surface area contributed by atoms with Crippen molar-refractivity contribution in [2.24, 2.45) is 0 Å². The molecule has 9 heteroatoms. The quantitative estimate of drug-likeness (QED) is 0.429. The molecule has 0 radical (unpaired) electrons. The van der Waals surface area contributed by atoms with Gasteiger partial charge in [0, 0.05) is 37.8 Å². The minimum absolute atomic E-state index is 0.0556. The molecular formula is C26H27N5O3S. The highest BCUT2D eigenvalue weighted by atomic mass is 32.2. The van der Waals surface area contributed by atoms with Crippen LogP contribution in [0.25, 0.3) is 22.2 Å². The Bertz CT molecular complexity index is 1490. The normalized spacial score (nSPS) is 15.0. The number of fused-ring (bicyclic) bond motifs is 1. The Morgan fingerprint density at radius 1 is 0.943 bits per heavy atom. The maximum atomic E-state index is 13.1. The van der Waals surface area contributed by atoms with Gasteiger partial charge in [-0.1, -0.05) is 48.0 Å². The predicted octanol–water partition coefficient (Wildman–Crippen LogP) is 3.25. The number of sulfonamides is 1. The zero-order valence-corrected chi connectivity index (χ0v) is 20.6. The molecule has 0 saturated carbocycles. The van der Waals surface area contributed by atoms with Crippen LogP contribution in [-0.4, -0.2) is 64.5 Å². The highest BCUT2D eigenvalue weighted by Gasteiger charge is 2.30. The molecule has 1 amide bonds. The molecule has 3 heterocycles. The SMILES string of the molecule is Cc1cccc(-c2ccnc3c2c(C)nn3CC(=O)N2CCN(S(=O)(=O)c3ccccc3)CC2)c1. The third-order valence-electron chi connectivity index (χ3n) is 6.39. The number of aryl methyl sites for hydroxylation is 2. The number of hydrogen-bond acceptors (Lipinski definition) is 5. The average Bonchev–Trinajstić information content (AvgIpc) is 3.19. The molecule has 1 aliphatic rings. The zero-order chi connectivity index (χ0) is 24.6. The van der Waals surface area contributed by atoms with Gasteiger partial charge in [-0.05, 0) is 43.2 Å². The first-order chi connectivity index (χ1) is 16.8. The summed E-state index contributed by atoms with van der Waals surface area (Å²) in [6.07, 6.45) is 1.75. The molecule has 8 nitrogen and oxygen atoms in total. The zero-order valence-electron chi connectivity index (χ0n) is 19.8. The fraction of sp³-hybridized carbons (Fsp3) is 0.269. The summed E-state index contributed by atoms with van der Waals surface area (Å²) in [5, 5.41) is 5.56. The number of rotatable bonds is 5. The third kappa shape index (κ3) is 4.44. The molecule has 0 aliphatic carbocycles. The van der Waals surface area contributed by atoms with Crippen LogP contribution < -0.4 is 0 Å². The summed E-state index contributed by atoms with van der Waals surface area (Å²) in [7, 11) is -3.56. The van der Waals surface area contributed by atoms with Crippen LogP contribution in [0.5, 0.6) is 0 Å². The molecule has 5 rings (SSSR count). The Kier molecular flexibility index (Phi) is 6.12. The Hall–Kier alpha value is -3.56. The highest BCUT2D eigenvalue weighted by molar-refractivity contribution is 7.89. The molecule has 4 aromatic rings. The van der Waals surface area contributed by atoms with E-state index in [1.165, 1.54) is 9.87 Å². The van der Waals surface area contributed by atoms with Gasteiger partial charge >= 0.3 is 0 Å². The van der Waals surface area contributed by atoms with E-state index in [0.29, 0.717) is 18.7 Å². The van der Waals surface area contributed by atoms with Crippen LogP contribution in [0.4, 0.5) is 0 Å². The van der Waals surface area contributed by atoms with Crippen molar-refractivity contribution in [1.82, 2.24) is 24.0 Å². The Morgan fingerprint density at radius 3 is 2.40 bits per heavy atom. The van der Waals surface area contributed by atoms with E-state index in [1.807, 2.05) is 19.1 Å². The molecule has 0 spiro atoms. The van der Waals surface area contributed by atoms with E-state index >= 15 is 0 Å². The van der Waals surface area contributed by atoms with Gasteiger partial charge in [0.05, 0.1) is 10.6 Å². The van der Waals surface area contributed by atoms with Crippen molar-refractivity contribution in [3.8, 4) is 11.1 Å². The predicted molar refractivity (Wildman–Crippen MR) is 134 cm³/mol. The molecule has 2 aromatic heterocycles. The number of carbonyl (C=O) groups is 1. The van der Waals surface area contributed by atoms with Gasteiger partial charge in [0.25, 0.3) is 0 Å². The lowest BCUT2D eigenvalue weighted by atomic mass is 10.0. The molecule has 0 bridgehead atoms. The number of pyridine rings is 1. The van der Waals surface area contributed by atoms with Crippen molar-refractivity contribution in [2.75, 3.05) is 26.2 Å². The summed E-state index contributed by atoms with van der Waals surface area (Å²) < 4.78 is 28.8. The van der Waals surface area contributed by atoms with Gasteiger partial charge in [-0.15, -0.1) is 0 Å². The summed E-state index contributed by atoms with van der Waals surface area (Å²) in [5.41, 5.74) is 4.77. The highest BCUT2D eigenvalue weighted by Crippen LogP contribution is 2.30. The Morgan fingerprint density at radius 2 is 1.69 bits per heavy atom. The first kappa shape index (κ1) is 23.2. The number of amides is 1.